The zero-order chi connectivity index (χ0) is 14.6. The highest BCUT2D eigenvalue weighted by molar-refractivity contribution is 7.89. The molecule has 0 radical (unpaired) electrons. The molecular weight excluding hydrogens is 292 g/mol. The van der Waals surface area contributed by atoms with Crippen molar-refractivity contribution in [2.24, 2.45) is 11.8 Å². The number of aromatic amines is 2. The Hall–Kier alpha value is -1.64. The molecule has 2 atom stereocenters. The first kappa shape index (κ1) is 13.1. The van der Waals surface area contributed by atoms with Gasteiger partial charge in [0.15, 0.2) is 0 Å². The minimum absolute atomic E-state index is 0.234. The van der Waals surface area contributed by atoms with Gasteiger partial charge >= 0.3 is 5.69 Å². The Morgan fingerprint density at radius 3 is 2.43 bits per heavy atom. The molecule has 7 nitrogen and oxygen atoms in total. The second-order valence-electron chi connectivity index (χ2n) is 5.79. The van der Waals surface area contributed by atoms with Gasteiger partial charge in [0, 0.05) is 13.1 Å². The number of imidazole rings is 1. The lowest BCUT2D eigenvalue weighted by Gasteiger charge is -2.17. The largest absolute Gasteiger partial charge is 0.323 e. The molecule has 2 fully saturated rings. The van der Waals surface area contributed by atoms with E-state index in [2.05, 4.69) is 15.3 Å². The smallest absolute Gasteiger partial charge is 0.316 e. The molecule has 1 aromatic heterocycles. The van der Waals surface area contributed by atoms with E-state index >= 15 is 0 Å². The fourth-order valence-electron chi connectivity index (χ4n) is 3.33. The van der Waals surface area contributed by atoms with Crippen molar-refractivity contribution in [2.45, 2.75) is 4.90 Å². The van der Waals surface area contributed by atoms with Crippen LogP contribution in [-0.4, -0.2) is 48.9 Å². The lowest BCUT2D eigenvalue weighted by atomic mass is 10.0. The number of H-pyrrole nitrogens is 2. The van der Waals surface area contributed by atoms with Crippen molar-refractivity contribution >= 4 is 21.1 Å². The Morgan fingerprint density at radius 1 is 1.05 bits per heavy atom. The summed E-state index contributed by atoms with van der Waals surface area (Å²) in [6.45, 7) is 2.92. The summed E-state index contributed by atoms with van der Waals surface area (Å²) in [5.41, 5.74) is 0.796. The Kier molecular flexibility index (Phi) is 2.75. The minimum Gasteiger partial charge on any atom is -0.316 e. The van der Waals surface area contributed by atoms with E-state index in [9.17, 15) is 13.2 Å². The number of benzene rings is 1. The summed E-state index contributed by atoms with van der Waals surface area (Å²) in [5, 5.41) is 3.30. The van der Waals surface area contributed by atoms with E-state index in [-0.39, 0.29) is 10.6 Å². The van der Waals surface area contributed by atoms with Gasteiger partial charge in [-0.1, -0.05) is 0 Å². The van der Waals surface area contributed by atoms with Crippen LogP contribution in [0.4, 0.5) is 0 Å². The standard InChI is InChI=1S/C13H16N4O3S/c18-13-15-11-2-1-10(3-12(11)16-13)21(19,20)17-6-8-4-14-5-9(8)7-17/h1-3,8-9,14H,4-7H2,(H2,15,16,18). The first-order valence-corrected chi connectivity index (χ1v) is 8.41. The van der Waals surface area contributed by atoms with Crippen molar-refractivity contribution in [1.82, 2.24) is 19.6 Å². The molecule has 2 saturated heterocycles. The summed E-state index contributed by atoms with van der Waals surface area (Å²) in [7, 11) is -3.49. The van der Waals surface area contributed by atoms with Crippen LogP contribution in [0.15, 0.2) is 27.9 Å². The van der Waals surface area contributed by atoms with Gasteiger partial charge in [0.2, 0.25) is 10.0 Å². The summed E-state index contributed by atoms with van der Waals surface area (Å²) in [6, 6.07) is 4.70. The van der Waals surface area contributed by atoms with Crippen LogP contribution in [-0.2, 0) is 10.0 Å². The van der Waals surface area contributed by atoms with E-state index in [0.29, 0.717) is 36.0 Å². The summed E-state index contributed by atoms with van der Waals surface area (Å²) in [4.78, 5) is 16.7. The van der Waals surface area contributed by atoms with Crippen molar-refractivity contribution < 1.29 is 8.42 Å². The Labute approximate surface area is 121 Å². The zero-order valence-electron chi connectivity index (χ0n) is 11.3. The maximum Gasteiger partial charge on any atom is 0.323 e. The molecule has 112 valence electrons. The molecule has 0 amide bonds. The minimum atomic E-state index is -3.49. The molecular formula is C13H16N4O3S. The van der Waals surface area contributed by atoms with E-state index in [1.165, 1.54) is 6.07 Å². The molecule has 3 N–H and O–H groups in total. The normalized spacial score (nSPS) is 26.5. The highest BCUT2D eigenvalue weighted by atomic mass is 32.2. The molecule has 2 unspecified atom stereocenters. The molecule has 21 heavy (non-hydrogen) atoms. The highest BCUT2D eigenvalue weighted by Crippen LogP contribution is 2.31. The van der Waals surface area contributed by atoms with Gasteiger partial charge in [-0.3, -0.25) is 0 Å². The van der Waals surface area contributed by atoms with Crippen LogP contribution in [0, 0.1) is 11.8 Å². The fourth-order valence-corrected chi connectivity index (χ4v) is 4.91. The summed E-state index contributed by atoms with van der Waals surface area (Å²) in [5.74, 6) is 0.825. The second-order valence-corrected chi connectivity index (χ2v) is 7.72. The lowest BCUT2D eigenvalue weighted by Crippen LogP contribution is -2.31. The van der Waals surface area contributed by atoms with Gasteiger partial charge in [0.1, 0.15) is 0 Å². The number of fused-ring (bicyclic) bond motifs is 2. The van der Waals surface area contributed by atoms with Gasteiger partial charge in [-0.2, -0.15) is 4.31 Å². The SMILES string of the molecule is O=c1[nH]c2ccc(S(=O)(=O)N3CC4CNCC4C3)cc2[nH]1. The maximum absolute atomic E-state index is 12.7. The number of hydrogen-bond donors (Lipinski definition) is 3. The second kappa shape index (κ2) is 4.43. The van der Waals surface area contributed by atoms with Gasteiger partial charge in [0.25, 0.3) is 0 Å². The third kappa shape index (κ3) is 2.02. The Morgan fingerprint density at radius 2 is 1.71 bits per heavy atom. The van der Waals surface area contributed by atoms with E-state index in [1.54, 1.807) is 16.4 Å². The molecule has 0 saturated carbocycles. The topological polar surface area (TPSA) is 98.1 Å². The van der Waals surface area contributed by atoms with E-state index in [1.807, 2.05) is 0 Å². The van der Waals surface area contributed by atoms with Crippen molar-refractivity contribution in [3.05, 3.63) is 28.7 Å². The number of aromatic nitrogens is 2. The van der Waals surface area contributed by atoms with E-state index in [4.69, 9.17) is 0 Å². The summed E-state index contributed by atoms with van der Waals surface area (Å²) >= 11 is 0. The molecule has 2 aliphatic rings. The Bertz CT molecular complexity index is 842. The van der Waals surface area contributed by atoms with Gasteiger partial charge in [-0.15, -0.1) is 0 Å². The van der Waals surface area contributed by atoms with Crippen LogP contribution in [0.25, 0.3) is 11.0 Å². The fraction of sp³-hybridized carbons (Fsp3) is 0.462. The number of nitrogens with zero attached hydrogens (tertiary/aromatic N) is 1. The predicted octanol–water partition coefficient (Wildman–Crippen LogP) is -0.304. The first-order valence-electron chi connectivity index (χ1n) is 6.97. The van der Waals surface area contributed by atoms with Crippen LogP contribution >= 0.6 is 0 Å². The lowest BCUT2D eigenvalue weighted by molar-refractivity contribution is 0.448. The average molecular weight is 308 g/mol. The third-order valence-electron chi connectivity index (χ3n) is 4.48. The van der Waals surface area contributed by atoms with E-state index < -0.39 is 10.0 Å². The van der Waals surface area contributed by atoms with Gasteiger partial charge in [-0.25, -0.2) is 13.2 Å². The molecule has 0 aliphatic carbocycles. The number of rotatable bonds is 2. The average Bonchev–Trinajstić information content (AvgIpc) is 3.09. The number of hydrogen-bond acceptors (Lipinski definition) is 4. The summed E-state index contributed by atoms with van der Waals surface area (Å²) < 4.78 is 27.0. The van der Waals surface area contributed by atoms with Crippen LogP contribution in [0.1, 0.15) is 0 Å². The van der Waals surface area contributed by atoms with Crippen LogP contribution in [0.5, 0.6) is 0 Å². The third-order valence-corrected chi connectivity index (χ3v) is 6.31. The maximum atomic E-state index is 12.7. The molecule has 3 heterocycles. The van der Waals surface area contributed by atoms with Gasteiger partial charge in [-0.05, 0) is 43.1 Å². The molecule has 1 aromatic carbocycles. The number of nitrogens with one attached hydrogen (secondary N) is 3. The van der Waals surface area contributed by atoms with Crippen molar-refractivity contribution in [3.8, 4) is 0 Å². The van der Waals surface area contributed by atoms with Crippen LogP contribution < -0.4 is 11.0 Å². The highest BCUT2D eigenvalue weighted by Gasteiger charge is 2.41. The molecule has 0 spiro atoms. The molecule has 4 rings (SSSR count). The van der Waals surface area contributed by atoms with Crippen LogP contribution in [0.2, 0.25) is 0 Å². The molecule has 2 aliphatic heterocycles. The predicted molar refractivity (Wildman–Crippen MR) is 77.5 cm³/mol. The zero-order valence-corrected chi connectivity index (χ0v) is 12.1. The molecule has 0 bridgehead atoms. The molecule has 8 heteroatoms. The Balaban J connectivity index is 1.71. The van der Waals surface area contributed by atoms with E-state index in [0.717, 1.165) is 13.1 Å². The number of sulfonamides is 1. The first-order chi connectivity index (χ1) is 10.0. The summed E-state index contributed by atoms with van der Waals surface area (Å²) in [6.07, 6.45) is 0. The quantitative estimate of drug-likeness (QED) is 0.709. The van der Waals surface area contributed by atoms with Crippen molar-refractivity contribution in [1.29, 1.82) is 0 Å². The van der Waals surface area contributed by atoms with Crippen molar-refractivity contribution in [2.75, 3.05) is 26.2 Å². The van der Waals surface area contributed by atoms with Crippen molar-refractivity contribution in [3.63, 3.8) is 0 Å². The molecule has 2 aromatic rings. The van der Waals surface area contributed by atoms with Gasteiger partial charge < -0.3 is 15.3 Å². The van der Waals surface area contributed by atoms with Gasteiger partial charge in [0.05, 0.1) is 15.9 Å². The monoisotopic (exact) mass is 308 g/mol. The van der Waals surface area contributed by atoms with Crippen LogP contribution in [0.3, 0.4) is 0 Å².